The van der Waals surface area contributed by atoms with Crippen LogP contribution in [0.25, 0.3) is 0 Å². The quantitative estimate of drug-likeness (QED) is 0.793. The fourth-order valence-corrected chi connectivity index (χ4v) is 5.01. The molecule has 0 bridgehead atoms. The first kappa shape index (κ1) is 18.8. The van der Waals surface area contributed by atoms with Crippen molar-refractivity contribution >= 4 is 5.91 Å². The molecule has 3 aliphatic rings. The third-order valence-electron chi connectivity index (χ3n) is 6.86. The molecule has 1 aromatic carbocycles. The highest BCUT2D eigenvalue weighted by molar-refractivity contribution is 5.78. The number of likely N-dealkylation sites (tertiary alicyclic amines) is 2. The van der Waals surface area contributed by atoms with Crippen LogP contribution in [-0.2, 0) is 16.8 Å². The lowest BCUT2D eigenvalue weighted by Gasteiger charge is -2.51. The fraction of sp³-hybridized carbons (Fsp3) is 0.667. The second-order valence-electron chi connectivity index (χ2n) is 8.37. The number of likely N-dealkylation sites (N-methyl/N-ethyl adjacent to an activating group) is 1. The Kier molecular flexibility index (Phi) is 4.97. The Hall–Kier alpha value is -1.53. The van der Waals surface area contributed by atoms with Crippen molar-refractivity contribution in [3.63, 3.8) is 0 Å². The Morgan fingerprint density at radius 2 is 1.67 bits per heavy atom. The number of carbonyl (C=O) groups is 1. The molecule has 148 valence electrons. The molecule has 27 heavy (non-hydrogen) atoms. The molecule has 1 amide bonds. The second kappa shape index (κ2) is 7.13. The number of hydrogen-bond acceptors (Lipinski definition) is 3. The molecule has 0 unspecified atom stereocenters. The summed E-state index contributed by atoms with van der Waals surface area (Å²) in [6.45, 7) is 3.52. The highest BCUT2D eigenvalue weighted by Crippen LogP contribution is 2.42. The van der Waals surface area contributed by atoms with E-state index in [1.165, 1.54) is 11.1 Å². The highest BCUT2D eigenvalue weighted by Gasteiger charge is 2.43. The molecule has 1 spiro atoms. The van der Waals surface area contributed by atoms with Crippen molar-refractivity contribution in [3.8, 4) is 0 Å². The van der Waals surface area contributed by atoms with Gasteiger partial charge in [0, 0.05) is 51.1 Å². The van der Waals surface area contributed by atoms with Crippen LogP contribution in [-0.4, -0.2) is 72.8 Å². The molecule has 0 atom stereocenters. The molecule has 4 nitrogen and oxygen atoms in total. The van der Waals surface area contributed by atoms with Gasteiger partial charge in [-0.1, -0.05) is 24.3 Å². The topological polar surface area (TPSA) is 26.8 Å². The predicted molar refractivity (Wildman–Crippen MR) is 101 cm³/mol. The number of amides is 1. The van der Waals surface area contributed by atoms with Crippen LogP contribution in [0.5, 0.6) is 0 Å². The molecule has 0 radical (unpaired) electrons. The van der Waals surface area contributed by atoms with Gasteiger partial charge >= 0.3 is 0 Å². The van der Waals surface area contributed by atoms with E-state index in [-0.39, 0.29) is 37.4 Å². The number of carbonyl (C=O) groups excluding carboxylic acids is 1. The van der Waals surface area contributed by atoms with E-state index in [9.17, 15) is 13.6 Å². The third kappa shape index (κ3) is 3.61. The number of nitrogens with zero attached hydrogens (tertiary/aromatic N) is 3. The van der Waals surface area contributed by atoms with Gasteiger partial charge in [0.15, 0.2) is 0 Å². The van der Waals surface area contributed by atoms with Crippen LogP contribution in [0.15, 0.2) is 24.3 Å². The molecular weight excluding hydrogens is 348 g/mol. The first-order valence-electron chi connectivity index (χ1n) is 10.1. The maximum atomic E-state index is 13.3. The summed E-state index contributed by atoms with van der Waals surface area (Å²) in [5.41, 5.74) is 2.97. The fourth-order valence-electron chi connectivity index (χ4n) is 5.01. The van der Waals surface area contributed by atoms with E-state index in [1.54, 1.807) is 4.90 Å². The number of rotatable bonds is 2. The van der Waals surface area contributed by atoms with E-state index in [0.29, 0.717) is 6.54 Å². The summed E-state index contributed by atoms with van der Waals surface area (Å²) in [4.78, 5) is 18.8. The number of piperidine rings is 2. The summed E-state index contributed by atoms with van der Waals surface area (Å²) in [7, 11) is 2.21. The van der Waals surface area contributed by atoms with Crippen LogP contribution in [0.1, 0.15) is 36.8 Å². The van der Waals surface area contributed by atoms with Gasteiger partial charge in [-0.15, -0.1) is 0 Å². The van der Waals surface area contributed by atoms with Crippen molar-refractivity contribution in [3.05, 3.63) is 35.4 Å². The lowest BCUT2D eigenvalue weighted by Crippen LogP contribution is -2.56. The van der Waals surface area contributed by atoms with E-state index in [0.717, 1.165) is 38.9 Å². The monoisotopic (exact) mass is 377 g/mol. The van der Waals surface area contributed by atoms with Crippen molar-refractivity contribution < 1.29 is 13.6 Å². The van der Waals surface area contributed by atoms with E-state index in [4.69, 9.17) is 0 Å². The normalized spacial score (nSPS) is 25.4. The number of hydrogen-bond donors (Lipinski definition) is 0. The van der Waals surface area contributed by atoms with E-state index < -0.39 is 5.92 Å². The van der Waals surface area contributed by atoms with E-state index >= 15 is 0 Å². The van der Waals surface area contributed by atoms with Gasteiger partial charge in [-0.05, 0) is 37.4 Å². The van der Waals surface area contributed by atoms with Crippen molar-refractivity contribution in [2.45, 2.75) is 43.6 Å². The Morgan fingerprint density at radius 3 is 2.37 bits per heavy atom. The van der Waals surface area contributed by atoms with Gasteiger partial charge in [-0.25, -0.2) is 8.78 Å². The zero-order valence-electron chi connectivity index (χ0n) is 16.1. The van der Waals surface area contributed by atoms with Crippen molar-refractivity contribution in [1.82, 2.24) is 14.7 Å². The predicted octanol–water partition coefficient (Wildman–Crippen LogP) is 2.72. The minimum atomic E-state index is -2.60. The molecular formula is C21H29F2N3O. The minimum Gasteiger partial charge on any atom is -0.341 e. The average Bonchev–Trinajstić information content (AvgIpc) is 2.66. The third-order valence-corrected chi connectivity index (χ3v) is 6.86. The molecule has 3 heterocycles. The zero-order chi connectivity index (χ0) is 19.1. The van der Waals surface area contributed by atoms with E-state index in [1.807, 2.05) is 0 Å². The molecule has 0 N–H and O–H groups in total. The Morgan fingerprint density at radius 1 is 1.00 bits per heavy atom. The summed E-state index contributed by atoms with van der Waals surface area (Å²) >= 11 is 0. The highest BCUT2D eigenvalue weighted by atomic mass is 19.3. The zero-order valence-corrected chi connectivity index (χ0v) is 16.1. The Balaban J connectivity index is 1.37. The Bertz CT molecular complexity index is 690. The molecule has 4 rings (SSSR count). The first-order chi connectivity index (χ1) is 12.9. The summed E-state index contributed by atoms with van der Waals surface area (Å²) < 4.78 is 26.6. The molecule has 0 aliphatic carbocycles. The standard InChI is InChI=1S/C21H29F2N3O/c1-24-11-6-17-4-2-3-5-18(17)20(24)7-12-25(13-8-20)16-19(27)26-14-9-21(22,23)10-15-26/h2-5H,6-16H2,1H3. The summed E-state index contributed by atoms with van der Waals surface area (Å²) in [6, 6.07) is 8.75. The van der Waals surface area contributed by atoms with Gasteiger partial charge in [-0.3, -0.25) is 14.6 Å². The summed E-state index contributed by atoms with van der Waals surface area (Å²) in [5, 5.41) is 0. The van der Waals surface area contributed by atoms with Crippen molar-refractivity contribution in [1.29, 1.82) is 0 Å². The SMILES string of the molecule is CN1CCc2ccccc2C12CCN(CC(=O)N1CCC(F)(F)CC1)CC2. The van der Waals surface area contributed by atoms with Crippen LogP contribution in [0.3, 0.4) is 0 Å². The molecule has 2 saturated heterocycles. The van der Waals surface area contributed by atoms with Crippen LogP contribution in [0.4, 0.5) is 8.78 Å². The van der Waals surface area contributed by atoms with Gasteiger partial charge in [0.25, 0.3) is 5.92 Å². The van der Waals surface area contributed by atoms with Crippen molar-refractivity contribution in [2.24, 2.45) is 0 Å². The maximum absolute atomic E-state index is 13.3. The minimum absolute atomic E-state index is 0.00107. The number of fused-ring (bicyclic) bond motifs is 2. The average molecular weight is 377 g/mol. The molecule has 0 aromatic heterocycles. The molecule has 2 fully saturated rings. The number of benzene rings is 1. The van der Waals surface area contributed by atoms with Crippen LogP contribution in [0, 0.1) is 0 Å². The van der Waals surface area contributed by atoms with Gasteiger partial charge in [0.2, 0.25) is 5.91 Å². The molecule has 0 saturated carbocycles. The van der Waals surface area contributed by atoms with Crippen molar-refractivity contribution in [2.75, 3.05) is 46.3 Å². The smallest absolute Gasteiger partial charge is 0.251 e. The van der Waals surface area contributed by atoms with Gasteiger partial charge < -0.3 is 4.90 Å². The van der Waals surface area contributed by atoms with Crippen LogP contribution < -0.4 is 0 Å². The number of halogens is 2. The van der Waals surface area contributed by atoms with Gasteiger partial charge in [-0.2, -0.15) is 0 Å². The van der Waals surface area contributed by atoms with Gasteiger partial charge in [0.1, 0.15) is 0 Å². The van der Waals surface area contributed by atoms with Gasteiger partial charge in [0.05, 0.1) is 6.54 Å². The lowest BCUT2D eigenvalue weighted by molar-refractivity contribution is -0.139. The Labute approximate surface area is 160 Å². The molecule has 3 aliphatic heterocycles. The van der Waals surface area contributed by atoms with Crippen LogP contribution >= 0.6 is 0 Å². The lowest BCUT2D eigenvalue weighted by atomic mass is 9.74. The van der Waals surface area contributed by atoms with Crippen LogP contribution in [0.2, 0.25) is 0 Å². The summed E-state index contributed by atoms with van der Waals surface area (Å²) in [6.07, 6.45) is 2.70. The largest absolute Gasteiger partial charge is 0.341 e. The molecule has 6 heteroatoms. The molecule has 1 aromatic rings. The first-order valence-corrected chi connectivity index (χ1v) is 10.1. The second-order valence-corrected chi connectivity index (χ2v) is 8.37. The number of alkyl halides is 2. The van der Waals surface area contributed by atoms with E-state index in [2.05, 4.69) is 41.1 Å². The maximum Gasteiger partial charge on any atom is 0.251 e. The summed E-state index contributed by atoms with van der Waals surface area (Å²) in [5.74, 6) is -2.60.